The fourth-order valence-electron chi connectivity index (χ4n) is 1.55. The summed E-state index contributed by atoms with van der Waals surface area (Å²) >= 11 is 2.38. The molecule has 90 valence electrons. The lowest BCUT2D eigenvalue weighted by Gasteiger charge is -2.21. The Labute approximate surface area is 112 Å². The van der Waals surface area contributed by atoms with Crippen LogP contribution in [0.3, 0.4) is 0 Å². The first-order valence-corrected chi connectivity index (χ1v) is 6.82. The monoisotopic (exact) mass is 333 g/mol. The van der Waals surface area contributed by atoms with Crippen molar-refractivity contribution in [2.75, 3.05) is 13.2 Å². The van der Waals surface area contributed by atoms with Crippen LogP contribution in [0.1, 0.15) is 32.4 Å². The second kappa shape index (κ2) is 7.25. The van der Waals surface area contributed by atoms with Gasteiger partial charge in [-0.3, -0.25) is 0 Å². The maximum absolute atomic E-state index is 5.70. The molecule has 1 aromatic carbocycles. The van der Waals surface area contributed by atoms with Crippen molar-refractivity contribution in [1.82, 2.24) is 5.32 Å². The highest BCUT2D eigenvalue weighted by molar-refractivity contribution is 14.1. The molecular formula is C13H20INO. The molecule has 0 amide bonds. The Morgan fingerprint density at radius 3 is 2.56 bits per heavy atom. The summed E-state index contributed by atoms with van der Waals surface area (Å²) < 4.78 is 6.99. The van der Waals surface area contributed by atoms with Crippen LogP contribution >= 0.6 is 22.6 Å². The van der Waals surface area contributed by atoms with Gasteiger partial charge >= 0.3 is 0 Å². The number of hydrogen-bond acceptors (Lipinski definition) is 2. The van der Waals surface area contributed by atoms with Crippen LogP contribution in [0.2, 0.25) is 0 Å². The van der Waals surface area contributed by atoms with Gasteiger partial charge in [-0.15, -0.1) is 0 Å². The minimum atomic E-state index is 0.280. The molecule has 0 fully saturated rings. The second-order valence-corrected chi connectivity index (χ2v) is 5.18. The topological polar surface area (TPSA) is 21.3 Å². The van der Waals surface area contributed by atoms with Gasteiger partial charge in [-0.1, -0.05) is 25.1 Å². The van der Waals surface area contributed by atoms with Gasteiger partial charge in [0.25, 0.3) is 0 Å². The van der Waals surface area contributed by atoms with Gasteiger partial charge in [0.05, 0.1) is 18.8 Å². The van der Waals surface area contributed by atoms with Crippen LogP contribution in [-0.2, 0) is 4.74 Å². The minimum Gasteiger partial charge on any atom is -0.377 e. The van der Waals surface area contributed by atoms with E-state index in [2.05, 4.69) is 72.9 Å². The molecule has 3 heteroatoms. The average Bonchev–Trinajstić information content (AvgIpc) is 2.25. The molecule has 0 aliphatic carbocycles. The van der Waals surface area contributed by atoms with Gasteiger partial charge < -0.3 is 10.1 Å². The van der Waals surface area contributed by atoms with E-state index < -0.39 is 0 Å². The molecule has 0 heterocycles. The molecule has 0 bridgehead atoms. The first-order chi connectivity index (χ1) is 7.65. The first kappa shape index (κ1) is 13.9. The molecule has 2 nitrogen and oxygen atoms in total. The first-order valence-electron chi connectivity index (χ1n) is 5.74. The summed E-state index contributed by atoms with van der Waals surface area (Å²) in [4.78, 5) is 0. The molecular weight excluding hydrogens is 313 g/mol. The lowest BCUT2D eigenvalue weighted by molar-refractivity contribution is 0.0613. The largest absolute Gasteiger partial charge is 0.377 e. The third-order valence-corrected chi connectivity index (χ3v) is 3.31. The molecule has 1 N–H and O–H groups in total. The quantitative estimate of drug-likeness (QED) is 0.806. The Morgan fingerprint density at radius 2 is 2.00 bits per heavy atom. The number of hydrogen-bond donors (Lipinski definition) is 1. The molecule has 0 aromatic heterocycles. The second-order valence-electron chi connectivity index (χ2n) is 4.01. The molecule has 0 aliphatic heterocycles. The summed E-state index contributed by atoms with van der Waals surface area (Å²) in [6.45, 7) is 7.94. The minimum absolute atomic E-state index is 0.280. The third kappa shape index (κ3) is 4.39. The van der Waals surface area contributed by atoms with Crippen LogP contribution in [0.15, 0.2) is 24.3 Å². The zero-order valence-electron chi connectivity index (χ0n) is 10.2. The normalized spacial score (nSPS) is 13.1. The number of likely N-dealkylation sites (N-methyl/N-ethyl adjacent to an activating group) is 1. The number of halogens is 1. The molecule has 0 spiro atoms. The number of nitrogens with one attached hydrogen (secondary N) is 1. The van der Waals surface area contributed by atoms with Gasteiger partial charge in [0.2, 0.25) is 0 Å². The van der Waals surface area contributed by atoms with Crippen LogP contribution in [0.25, 0.3) is 0 Å². The molecule has 1 unspecified atom stereocenters. The predicted molar refractivity (Wildman–Crippen MR) is 76.7 cm³/mol. The van der Waals surface area contributed by atoms with Crippen molar-refractivity contribution >= 4 is 22.6 Å². The highest BCUT2D eigenvalue weighted by Crippen LogP contribution is 2.20. The summed E-state index contributed by atoms with van der Waals surface area (Å²) in [7, 11) is 0. The molecule has 0 aliphatic rings. The van der Waals surface area contributed by atoms with Gasteiger partial charge in [0.15, 0.2) is 0 Å². The van der Waals surface area contributed by atoms with Gasteiger partial charge in [0, 0.05) is 3.57 Å². The zero-order valence-corrected chi connectivity index (χ0v) is 12.3. The predicted octanol–water partition coefficient (Wildman–Crippen LogP) is 3.37. The number of rotatable bonds is 6. The lowest BCUT2D eigenvalue weighted by atomic mass is 10.1. The molecule has 0 saturated carbocycles. The summed E-state index contributed by atoms with van der Waals surface area (Å²) in [6, 6.07) is 8.74. The maximum atomic E-state index is 5.70. The van der Waals surface area contributed by atoms with Crippen molar-refractivity contribution in [1.29, 1.82) is 0 Å². The van der Waals surface area contributed by atoms with E-state index in [0.717, 1.165) is 13.2 Å². The van der Waals surface area contributed by atoms with Crippen molar-refractivity contribution in [2.24, 2.45) is 0 Å². The van der Waals surface area contributed by atoms with E-state index in [1.54, 1.807) is 0 Å². The Balaban J connectivity index is 2.73. The molecule has 0 radical (unpaired) electrons. The van der Waals surface area contributed by atoms with Crippen LogP contribution < -0.4 is 5.32 Å². The zero-order chi connectivity index (χ0) is 12.0. The smallest absolute Gasteiger partial charge is 0.0665 e. The van der Waals surface area contributed by atoms with Gasteiger partial charge in [0.1, 0.15) is 0 Å². The van der Waals surface area contributed by atoms with E-state index in [9.17, 15) is 0 Å². The van der Waals surface area contributed by atoms with E-state index in [1.807, 2.05) is 0 Å². The Kier molecular flexibility index (Phi) is 6.31. The Hall–Kier alpha value is -0.130. The van der Waals surface area contributed by atoms with Crippen LogP contribution in [0.5, 0.6) is 0 Å². The molecule has 1 rings (SSSR count). The molecule has 16 heavy (non-hydrogen) atoms. The summed E-state index contributed by atoms with van der Waals surface area (Å²) in [5.74, 6) is 0. The fraction of sp³-hybridized carbons (Fsp3) is 0.538. The van der Waals surface area contributed by atoms with Crippen molar-refractivity contribution in [3.05, 3.63) is 33.4 Å². The van der Waals surface area contributed by atoms with Gasteiger partial charge in [-0.05, 0) is 54.6 Å². The highest BCUT2D eigenvalue weighted by atomic mass is 127. The summed E-state index contributed by atoms with van der Waals surface area (Å²) in [5, 5.41) is 3.47. The third-order valence-electron chi connectivity index (χ3n) is 2.33. The van der Waals surface area contributed by atoms with E-state index in [1.165, 1.54) is 9.13 Å². The lowest BCUT2D eigenvalue weighted by Crippen LogP contribution is -2.27. The van der Waals surface area contributed by atoms with E-state index in [0.29, 0.717) is 6.04 Å². The highest BCUT2D eigenvalue weighted by Gasteiger charge is 2.13. The van der Waals surface area contributed by atoms with E-state index in [-0.39, 0.29) is 6.10 Å². The van der Waals surface area contributed by atoms with Crippen molar-refractivity contribution in [3.63, 3.8) is 0 Å². The standard InChI is InChI=1S/C13H20INO/c1-4-15-13(9-16-10(2)3)11-7-5-6-8-12(11)14/h5-8,10,13,15H,4,9H2,1-3H3. The van der Waals surface area contributed by atoms with Crippen LogP contribution in [0, 0.1) is 3.57 Å². The SMILES string of the molecule is CCNC(COC(C)C)c1ccccc1I. The van der Waals surface area contributed by atoms with Gasteiger partial charge in [-0.25, -0.2) is 0 Å². The number of ether oxygens (including phenoxy) is 1. The number of benzene rings is 1. The maximum Gasteiger partial charge on any atom is 0.0665 e. The summed E-state index contributed by atoms with van der Waals surface area (Å²) in [5.41, 5.74) is 1.32. The average molecular weight is 333 g/mol. The fourth-order valence-corrected chi connectivity index (χ4v) is 2.31. The molecule has 1 atom stereocenters. The van der Waals surface area contributed by atoms with Crippen molar-refractivity contribution in [3.8, 4) is 0 Å². The Morgan fingerprint density at radius 1 is 1.31 bits per heavy atom. The van der Waals surface area contributed by atoms with Gasteiger partial charge in [-0.2, -0.15) is 0 Å². The van der Waals surface area contributed by atoms with Crippen molar-refractivity contribution in [2.45, 2.75) is 32.9 Å². The van der Waals surface area contributed by atoms with Crippen LogP contribution in [0.4, 0.5) is 0 Å². The van der Waals surface area contributed by atoms with Crippen molar-refractivity contribution < 1.29 is 4.74 Å². The molecule has 0 saturated heterocycles. The van der Waals surface area contributed by atoms with E-state index in [4.69, 9.17) is 4.74 Å². The van der Waals surface area contributed by atoms with Crippen LogP contribution in [-0.4, -0.2) is 19.3 Å². The molecule has 1 aromatic rings. The summed E-state index contributed by atoms with van der Waals surface area (Å²) in [6.07, 6.45) is 0.280. The van der Waals surface area contributed by atoms with E-state index >= 15 is 0 Å². The Bertz CT molecular complexity index is 315.